The van der Waals surface area contributed by atoms with Crippen LogP contribution >= 0.6 is 0 Å². The van der Waals surface area contributed by atoms with Crippen molar-refractivity contribution in [1.82, 2.24) is 4.90 Å². The highest BCUT2D eigenvalue weighted by molar-refractivity contribution is 6.93. The Hall–Kier alpha value is -3.26. The van der Waals surface area contributed by atoms with Crippen LogP contribution in [0.1, 0.15) is 27.7 Å². The molecule has 35 heavy (non-hydrogen) atoms. The van der Waals surface area contributed by atoms with E-state index in [4.69, 9.17) is 4.65 Å². The summed E-state index contributed by atoms with van der Waals surface area (Å²) in [5, 5.41) is 0. The third-order valence-electron chi connectivity index (χ3n) is 5.58. The molecule has 0 N–H and O–H groups in total. The number of benzene rings is 2. The maximum absolute atomic E-state index is 15.0. The summed E-state index contributed by atoms with van der Waals surface area (Å²) in [5.74, 6) is -26.5. The third kappa shape index (κ3) is 3.62. The zero-order chi connectivity index (χ0) is 26.7. The maximum Gasteiger partial charge on any atom is 0.461 e. The Bertz CT molecular complexity index is 1150. The highest BCUT2D eigenvalue weighted by Gasteiger charge is 2.57. The fourth-order valence-corrected chi connectivity index (χ4v) is 3.94. The highest BCUT2D eigenvalue weighted by atomic mass is 19.2. The first-order valence-corrected chi connectivity index (χ1v) is 9.94. The van der Waals surface area contributed by atoms with Gasteiger partial charge in [0, 0.05) is 6.04 Å². The van der Waals surface area contributed by atoms with Crippen molar-refractivity contribution in [2.75, 3.05) is 0 Å². The number of hydrogen-bond acceptors (Lipinski definition) is 2. The molecule has 0 atom stereocenters. The monoisotopic (exact) mass is 516 g/mol. The van der Waals surface area contributed by atoms with E-state index in [1.165, 1.54) is 27.7 Å². The second-order valence-corrected chi connectivity index (χ2v) is 8.25. The van der Waals surface area contributed by atoms with Crippen LogP contribution in [0.2, 0.25) is 0 Å². The van der Waals surface area contributed by atoms with Crippen molar-refractivity contribution in [3.8, 4) is 0 Å². The molecule has 0 fully saturated rings. The van der Waals surface area contributed by atoms with E-state index in [1.54, 1.807) is 0 Å². The van der Waals surface area contributed by atoms with Crippen molar-refractivity contribution in [2.45, 2.75) is 39.8 Å². The molecule has 3 rings (SSSR count). The molecule has 2 aromatic rings. The van der Waals surface area contributed by atoms with E-state index < -0.39 is 93.8 Å². The van der Waals surface area contributed by atoms with E-state index in [0.29, 0.717) is 10.8 Å². The van der Waals surface area contributed by atoms with Crippen molar-refractivity contribution in [1.29, 1.82) is 0 Å². The lowest BCUT2D eigenvalue weighted by Crippen LogP contribution is -2.78. The molecule has 15 heteroatoms. The second-order valence-electron chi connectivity index (χ2n) is 8.25. The average Bonchev–Trinajstić information content (AvgIpc) is 2.78. The Balaban J connectivity index is 2.70. The smallest absolute Gasteiger partial charge is 0.461 e. The minimum Gasteiger partial charge on any atom is -0.609 e. The predicted octanol–water partition coefficient (Wildman–Crippen LogP) is 3.94. The SMILES string of the molecule is CC(C)N1C=[N+](C(C)C)[B-](c2c(F)c(F)c(F)c(F)c2F)(c2c(F)c(F)c(F)c(F)c2F)OC1=O. The maximum atomic E-state index is 15.0. The first-order valence-electron chi connectivity index (χ1n) is 9.94. The quantitative estimate of drug-likeness (QED) is 0.267. The minimum atomic E-state index is -4.84. The van der Waals surface area contributed by atoms with Crippen LogP contribution in [-0.4, -0.2) is 40.4 Å². The number of nitrogens with zero attached hydrogens (tertiary/aromatic N) is 2. The third-order valence-corrected chi connectivity index (χ3v) is 5.58. The lowest BCUT2D eigenvalue weighted by Gasteiger charge is -2.47. The van der Waals surface area contributed by atoms with Gasteiger partial charge in [-0.2, -0.15) is 4.90 Å². The molecule has 0 aliphatic carbocycles. The van der Waals surface area contributed by atoms with Gasteiger partial charge in [0.05, 0.1) is 0 Å². The van der Waals surface area contributed by atoms with Crippen LogP contribution in [0, 0.1) is 58.2 Å². The Kier molecular flexibility index (Phi) is 6.59. The van der Waals surface area contributed by atoms with Crippen LogP contribution in [0.4, 0.5) is 48.7 Å². The summed E-state index contributed by atoms with van der Waals surface area (Å²) < 4.78 is 150. The van der Waals surface area contributed by atoms with Crippen LogP contribution in [0.15, 0.2) is 0 Å². The van der Waals surface area contributed by atoms with Gasteiger partial charge in [0.1, 0.15) is 29.3 Å². The number of carbonyl (C=O) groups is 1. The van der Waals surface area contributed by atoms with Crippen molar-refractivity contribution >= 4 is 29.8 Å². The first kappa shape index (κ1) is 26.4. The van der Waals surface area contributed by atoms with Gasteiger partial charge in [-0.3, -0.25) is 0 Å². The van der Waals surface area contributed by atoms with Gasteiger partial charge >= 0.3 is 12.6 Å². The summed E-state index contributed by atoms with van der Waals surface area (Å²) in [6, 6.07) is -2.01. The molecular formula is C20H15BF10N2O2. The topological polar surface area (TPSA) is 32.5 Å². The molecule has 1 aliphatic rings. The number of halogens is 10. The van der Waals surface area contributed by atoms with E-state index in [0.717, 1.165) is 4.90 Å². The van der Waals surface area contributed by atoms with Gasteiger partial charge in [0.25, 0.3) is 0 Å². The first-order chi connectivity index (χ1) is 16.1. The van der Waals surface area contributed by atoms with Crippen molar-refractivity contribution in [2.24, 2.45) is 0 Å². The van der Waals surface area contributed by atoms with Crippen molar-refractivity contribution in [3.63, 3.8) is 0 Å². The molecule has 1 heterocycles. The fraction of sp³-hybridized carbons (Fsp3) is 0.300. The lowest BCUT2D eigenvalue weighted by atomic mass is 9.39. The molecule has 0 bridgehead atoms. The molecule has 0 unspecified atom stereocenters. The molecular weight excluding hydrogens is 501 g/mol. The molecule has 2 aromatic carbocycles. The molecule has 1 amide bonds. The Morgan fingerprint density at radius 2 is 0.971 bits per heavy atom. The molecule has 0 spiro atoms. The Morgan fingerprint density at radius 1 is 0.657 bits per heavy atom. The van der Waals surface area contributed by atoms with Gasteiger partial charge in [0.2, 0.25) is 6.34 Å². The summed E-state index contributed by atoms with van der Waals surface area (Å²) >= 11 is 0. The molecule has 4 nitrogen and oxygen atoms in total. The second kappa shape index (κ2) is 8.75. The van der Waals surface area contributed by atoms with Gasteiger partial charge in [-0.25, -0.2) is 48.7 Å². The van der Waals surface area contributed by atoms with Crippen LogP contribution in [0.5, 0.6) is 0 Å². The molecule has 0 radical (unpaired) electrons. The summed E-state index contributed by atoms with van der Waals surface area (Å²) in [5.41, 5.74) is -4.21. The van der Waals surface area contributed by atoms with Crippen LogP contribution < -0.4 is 10.9 Å². The Morgan fingerprint density at radius 3 is 1.26 bits per heavy atom. The largest absolute Gasteiger partial charge is 0.609 e. The summed E-state index contributed by atoms with van der Waals surface area (Å²) in [6.07, 6.45) is -0.929. The average molecular weight is 516 g/mol. The van der Waals surface area contributed by atoms with E-state index in [2.05, 4.69) is 0 Å². The van der Waals surface area contributed by atoms with Gasteiger partial charge in [-0.15, -0.1) is 0 Å². The van der Waals surface area contributed by atoms with E-state index in [9.17, 15) is 31.1 Å². The van der Waals surface area contributed by atoms with Gasteiger partial charge in [-0.1, -0.05) is 0 Å². The standard InChI is InChI=1S/C20H15BF10N2O2/c1-6(2)32-5-33(7(3)4)21(35-20(32)34,8-10(22)14(26)18(30)15(27)11(8)23)9-12(24)16(28)19(31)17(29)13(9)25/h5-7H,1-4H3. The summed E-state index contributed by atoms with van der Waals surface area (Å²) in [6.45, 7) is 0.321. The van der Waals surface area contributed by atoms with E-state index >= 15 is 17.6 Å². The van der Waals surface area contributed by atoms with Gasteiger partial charge in [0.15, 0.2) is 34.9 Å². The fourth-order valence-electron chi connectivity index (χ4n) is 3.94. The van der Waals surface area contributed by atoms with E-state index in [-0.39, 0.29) is 0 Å². The van der Waals surface area contributed by atoms with Gasteiger partial charge in [-0.05, 0) is 38.6 Å². The summed E-state index contributed by atoms with van der Waals surface area (Å²) in [4.78, 5) is 13.5. The minimum absolute atomic E-state index is 0.470. The number of hydrogen-bond donors (Lipinski definition) is 0. The van der Waals surface area contributed by atoms with Crippen molar-refractivity contribution in [3.05, 3.63) is 58.2 Å². The zero-order valence-electron chi connectivity index (χ0n) is 18.3. The van der Waals surface area contributed by atoms with Gasteiger partial charge < -0.3 is 9.14 Å². The van der Waals surface area contributed by atoms with Crippen LogP contribution in [-0.2, 0) is 4.65 Å². The lowest BCUT2D eigenvalue weighted by molar-refractivity contribution is -0.449. The van der Waals surface area contributed by atoms with Crippen LogP contribution in [0.25, 0.3) is 0 Å². The Labute approximate surface area is 191 Å². The number of amides is 1. The van der Waals surface area contributed by atoms with E-state index in [1.807, 2.05) is 0 Å². The molecule has 0 aromatic heterocycles. The molecule has 1 aliphatic heterocycles. The van der Waals surface area contributed by atoms with Crippen molar-refractivity contribution < 1.29 is 57.8 Å². The molecule has 0 saturated carbocycles. The predicted molar refractivity (Wildman–Crippen MR) is 102 cm³/mol. The summed E-state index contributed by atoms with van der Waals surface area (Å²) in [7, 11) is 0. The van der Waals surface area contributed by atoms with Crippen LogP contribution in [0.3, 0.4) is 0 Å². The molecule has 0 saturated heterocycles. The normalized spacial score (nSPS) is 15.7. The number of carbonyl (C=O) groups excluding carboxylic acids is 1. The zero-order valence-corrected chi connectivity index (χ0v) is 18.3. The number of rotatable bonds is 4. The highest BCUT2D eigenvalue weighted by Crippen LogP contribution is 2.28. The molecule has 190 valence electrons.